The molecule has 0 radical (unpaired) electrons. The van der Waals surface area contributed by atoms with E-state index < -0.39 is 11.0 Å². The van der Waals surface area contributed by atoms with E-state index in [0.717, 1.165) is 13.1 Å². The summed E-state index contributed by atoms with van der Waals surface area (Å²) in [6.07, 6.45) is 4.97. The molecule has 16 heavy (non-hydrogen) atoms. The Bertz CT molecular complexity index is 279. The summed E-state index contributed by atoms with van der Waals surface area (Å²) in [6, 6.07) is 0.458. The smallest absolute Gasteiger partial charge is 0.0972 e. The predicted octanol–water partition coefficient (Wildman–Crippen LogP) is 1.57. The second kappa shape index (κ2) is 4.39. The average molecular weight is 244 g/mol. The Hall–Kier alpha value is 0.0700. The van der Waals surface area contributed by atoms with E-state index in [-0.39, 0.29) is 4.75 Å². The molecule has 0 bridgehead atoms. The topological polar surface area (TPSA) is 41.1 Å². The lowest BCUT2D eigenvalue weighted by Gasteiger charge is -2.24. The van der Waals surface area contributed by atoms with E-state index in [1.165, 1.54) is 25.7 Å². The lowest BCUT2D eigenvalue weighted by Crippen LogP contribution is -2.39. The van der Waals surface area contributed by atoms with Gasteiger partial charge in [-0.25, -0.2) is 8.93 Å². The van der Waals surface area contributed by atoms with Gasteiger partial charge in [-0.2, -0.15) is 0 Å². The lowest BCUT2D eigenvalue weighted by atomic mass is 9.85. The predicted molar refractivity (Wildman–Crippen MR) is 68.6 cm³/mol. The minimum Gasteiger partial charge on any atom is -0.316 e. The number of hydrogen-bond donors (Lipinski definition) is 2. The maximum absolute atomic E-state index is 12.0. The Morgan fingerprint density at radius 1 is 1.38 bits per heavy atom. The fraction of sp³-hybridized carbons (Fsp3) is 1.00. The minimum atomic E-state index is -0.914. The normalized spacial score (nSPS) is 37.1. The molecule has 2 N–H and O–H groups in total. The van der Waals surface area contributed by atoms with Gasteiger partial charge in [-0.3, -0.25) is 0 Å². The number of nitrogens with one attached hydrogen (secondary N) is 2. The standard InChI is InChI=1S/C12H24N2OS/c1-11(2,3)16(15)14-10-4-5-12(8-10)6-7-13-9-12/h10,13-14H,4-9H2,1-3H3/t10-,12-,16?/m1/s1. The van der Waals surface area contributed by atoms with E-state index >= 15 is 0 Å². The zero-order valence-corrected chi connectivity index (χ0v) is 11.5. The zero-order chi connectivity index (χ0) is 11.8. The molecule has 0 amide bonds. The van der Waals surface area contributed by atoms with Crippen molar-refractivity contribution in [2.45, 2.75) is 57.2 Å². The summed E-state index contributed by atoms with van der Waals surface area (Å²) >= 11 is 0. The van der Waals surface area contributed by atoms with Crippen LogP contribution < -0.4 is 10.0 Å². The van der Waals surface area contributed by atoms with E-state index in [9.17, 15) is 4.21 Å². The third-order valence-corrected chi connectivity index (χ3v) is 5.52. The molecule has 2 rings (SSSR count). The van der Waals surface area contributed by atoms with Gasteiger partial charge >= 0.3 is 0 Å². The quantitative estimate of drug-likeness (QED) is 0.774. The molecule has 1 heterocycles. The van der Waals surface area contributed by atoms with Crippen molar-refractivity contribution in [3.63, 3.8) is 0 Å². The SMILES string of the molecule is CC(C)(C)S(=O)N[C@@H]1CC[C@@]2(CCNC2)C1. The number of rotatable bonds is 2. The minimum absolute atomic E-state index is 0.149. The van der Waals surface area contributed by atoms with Crippen LogP contribution in [0.15, 0.2) is 0 Å². The fourth-order valence-electron chi connectivity index (χ4n) is 2.82. The molecule has 0 aromatic carbocycles. The average Bonchev–Trinajstić information content (AvgIpc) is 2.77. The molecule has 0 aromatic rings. The molecule has 3 atom stereocenters. The van der Waals surface area contributed by atoms with Gasteiger partial charge in [-0.1, -0.05) is 0 Å². The van der Waals surface area contributed by atoms with Crippen LogP contribution in [0, 0.1) is 5.41 Å². The number of hydrogen-bond acceptors (Lipinski definition) is 2. The molecule has 94 valence electrons. The highest BCUT2D eigenvalue weighted by atomic mass is 32.2. The van der Waals surface area contributed by atoms with Gasteiger partial charge in [0.15, 0.2) is 0 Å². The molecule has 1 unspecified atom stereocenters. The van der Waals surface area contributed by atoms with Crippen molar-refractivity contribution in [1.29, 1.82) is 0 Å². The van der Waals surface area contributed by atoms with Crippen LogP contribution in [0.3, 0.4) is 0 Å². The molecule has 2 fully saturated rings. The third-order valence-electron chi connectivity index (χ3n) is 3.86. The highest BCUT2D eigenvalue weighted by molar-refractivity contribution is 7.84. The van der Waals surface area contributed by atoms with Crippen molar-refractivity contribution < 1.29 is 4.21 Å². The Labute approximate surface area is 101 Å². The molecule has 1 saturated carbocycles. The molecule has 4 heteroatoms. The van der Waals surface area contributed by atoms with Crippen molar-refractivity contribution in [3.8, 4) is 0 Å². The van der Waals surface area contributed by atoms with Crippen LogP contribution in [0.2, 0.25) is 0 Å². The highest BCUT2D eigenvalue weighted by Crippen LogP contribution is 2.42. The highest BCUT2D eigenvalue weighted by Gasteiger charge is 2.41. The zero-order valence-electron chi connectivity index (χ0n) is 10.6. The van der Waals surface area contributed by atoms with Crippen LogP contribution in [0.4, 0.5) is 0 Å². The second-order valence-electron chi connectivity index (χ2n) is 6.37. The summed E-state index contributed by atoms with van der Waals surface area (Å²) in [6.45, 7) is 8.40. The van der Waals surface area contributed by atoms with E-state index in [0.29, 0.717) is 11.5 Å². The largest absolute Gasteiger partial charge is 0.316 e. The van der Waals surface area contributed by atoms with Gasteiger partial charge in [-0.15, -0.1) is 0 Å². The van der Waals surface area contributed by atoms with Crippen molar-refractivity contribution in [3.05, 3.63) is 0 Å². The first kappa shape index (κ1) is 12.5. The van der Waals surface area contributed by atoms with Gasteiger partial charge < -0.3 is 5.32 Å². The molecule has 2 aliphatic rings. The van der Waals surface area contributed by atoms with Crippen molar-refractivity contribution in [1.82, 2.24) is 10.0 Å². The summed E-state index contributed by atoms with van der Waals surface area (Å²) in [4.78, 5) is 0. The van der Waals surface area contributed by atoms with Gasteiger partial charge in [0.05, 0.1) is 15.7 Å². The van der Waals surface area contributed by atoms with Crippen molar-refractivity contribution in [2.75, 3.05) is 13.1 Å². The van der Waals surface area contributed by atoms with Gasteiger partial charge in [0, 0.05) is 12.6 Å². The van der Waals surface area contributed by atoms with E-state index in [1.807, 2.05) is 20.8 Å². The molecule has 1 aliphatic heterocycles. The van der Waals surface area contributed by atoms with Crippen LogP contribution in [0.5, 0.6) is 0 Å². The van der Waals surface area contributed by atoms with Gasteiger partial charge in [0.25, 0.3) is 0 Å². The first-order valence-corrected chi connectivity index (χ1v) is 7.45. The second-order valence-corrected chi connectivity index (χ2v) is 8.36. The molecule has 3 nitrogen and oxygen atoms in total. The van der Waals surface area contributed by atoms with Crippen LogP contribution in [0.25, 0.3) is 0 Å². The van der Waals surface area contributed by atoms with Crippen LogP contribution in [-0.4, -0.2) is 28.1 Å². The Morgan fingerprint density at radius 2 is 2.12 bits per heavy atom. The summed E-state index contributed by atoms with van der Waals surface area (Å²) < 4.78 is 15.2. The lowest BCUT2D eigenvalue weighted by molar-refractivity contribution is 0.329. The maximum atomic E-state index is 12.0. The summed E-state index contributed by atoms with van der Waals surface area (Å²) in [5, 5.41) is 3.46. The van der Waals surface area contributed by atoms with Crippen LogP contribution in [0.1, 0.15) is 46.5 Å². The first-order valence-electron chi connectivity index (χ1n) is 6.30. The van der Waals surface area contributed by atoms with Crippen molar-refractivity contribution in [2.24, 2.45) is 5.41 Å². The van der Waals surface area contributed by atoms with Gasteiger partial charge in [-0.05, 0) is 58.4 Å². The summed E-state index contributed by atoms with van der Waals surface area (Å²) in [5.74, 6) is 0. The molecule has 1 saturated heterocycles. The summed E-state index contributed by atoms with van der Waals surface area (Å²) in [5.41, 5.74) is 0.514. The summed E-state index contributed by atoms with van der Waals surface area (Å²) in [7, 11) is -0.914. The van der Waals surface area contributed by atoms with E-state index in [1.54, 1.807) is 0 Å². The van der Waals surface area contributed by atoms with E-state index in [4.69, 9.17) is 0 Å². The molecule has 1 spiro atoms. The fourth-order valence-corrected chi connectivity index (χ4v) is 3.68. The first-order chi connectivity index (χ1) is 7.41. The Kier molecular flexibility index (Phi) is 3.44. The van der Waals surface area contributed by atoms with Crippen LogP contribution >= 0.6 is 0 Å². The van der Waals surface area contributed by atoms with Crippen molar-refractivity contribution >= 4 is 11.0 Å². The monoisotopic (exact) mass is 244 g/mol. The van der Waals surface area contributed by atoms with Crippen LogP contribution in [-0.2, 0) is 11.0 Å². The maximum Gasteiger partial charge on any atom is 0.0972 e. The third kappa shape index (κ3) is 2.66. The molecule has 0 aromatic heterocycles. The van der Waals surface area contributed by atoms with E-state index in [2.05, 4.69) is 10.0 Å². The van der Waals surface area contributed by atoms with Gasteiger partial charge in [0.2, 0.25) is 0 Å². The molecular weight excluding hydrogens is 220 g/mol. The molecular formula is C12H24N2OS. The van der Waals surface area contributed by atoms with Gasteiger partial charge in [0.1, 0.15) is 0 Å². The Morgan fingerprint density at radius 3 is 2.69 bits per heavy atom. The molecule has 1 aliphatic carbocycles. The Balaban J connectivity index is 1.87.